The summed E-state index contributed by atoms with van der Waals surface area (Å²) >= 11 is 1.38. The van der Waals surface area contributed by atoms with Crippen LogP contribution >= 0.6 is 11.3 Å². The molecule has 1 aliphatic heterocycles. The molecule has 2 heterocycles. The van der Waals surface area contributed by atoms with E-state index in [4.69, 9.17) is 16.9 Å². The minimum atomic E-state index is -0.140. The zero-order chi connectivity index (χ0) is 19.4. The fraction of sp³-hybridized carbons (Fsp3) is 0.333. The fourth-order valence-electron chi connectivity index (χ4n) is 3.11. The van der Waals surface area contributed by atoms with Crippen LogP contribution in [-0.4, -0.2) is 47.5 Å². The maximum atomic E-state index is 12.5. The molecule has 27 heavy (non-hydrogen) atoms. The highest BCUT2D eigenvalue weighted by molar-refractivity contribution is 7.22. The van der Waals surface area contributed by atoms with Crippen molar-refractivity contribution in [3.63, 3.8) is 0 Å². The van der Waals surface area contributed by atoms with E-state index >= 15 is 0 Å². The largest absolute Gasteiger partial charge is 0.404 e. The Morgan fingerprint density at radius 1 is 1.37 bits per heavy atom. The van der Waals surface area contributed by atoms with Crippen molar-refractivity contribution < 1.29 is 9.59 Å². The first-order valence-electron chi connectivity index (χ1n) is 8.67. The van der Waals surface area contributed by atoms with Gasteiger partial charge in [-0.3, -0.25) is 9.59 Å². The predicted molar refractivity (Wildman–Crippen MR) is 108 cm³/mol. The second-order valence-electron chi connectivity index (χ2n) is 6.32. The van der Waals surface area contributed by atoms with Gasteiger partial charge >= 0.3 is 0 Å². The Hall–Kier alpha value is -2.78. The lowest BCUT2D eigenvalue weighted by Crippen LogP contribution is -2.43. The van der Waals surface area contributed by atoms with E-state index in [0.29, 0.717) is 36.6 Å². The molecule has 2 aromatic rings. The highest BCUT2D eigenvalue weighted by Gasteiger charge is 2.27. The predicted octanol–water partition coefficient (Wildman–Crippen LogP) is 1.38. The summed E-state index contributed by atoms with van der Waals surface area (Å²) in [6.45, 7) is 1.11. The summed E-state index contributed by atoms with van der Waals surface area (Å²) in [7, 11) is 0. The van der Waals surface area contributed by atoms with E-state index in [9.17, 15) is 9.59 Å². The van der Waals surface area contributed by atoms with Gasteiger partial charge in [0.25, 0.3) is 0 Å². The van der Waals surface area contributed by atoms with Crippen LogP contribution in [0.1, 0.15) is 18.4 Å². The van der Waals surface area contributed by atoms with E-state index < -0.39 is 0 Å². The van der Waals surface area contributed by atoms with E-state index in [1.807, 2.05) is 18.2 Å². The number of aromatic nitrogens is 1. The summed E-state index contributed by atoms with van der Waals surface area (Å²) in [5, 5.41) is 10.8. The molecule has 2 amide bonds. The summed E-state index contributed by atoms with van der Waals surface area (Å²) in [6, 6.07) is 5.60. The third-order valence-corrected chi connectivity index (χ3v) is 5.61. The summed E-state index contributed by atoms with van der Waals surface area (Å²) in [5.41, 5.74) is 13.2. The average Bonchev–Trinajstić information content (AvgIpc) is 3.10. The van der Waals surface area contributed by atoms with Crippen molar-refractivity contribution >= 4 is 50.3 Å². The topological polar surface area (TPSA) is 138 Å². The zero-order valence-electron chi connectivity index (χ0n) is 14.8. The fourth-order valence-corrected chi connectivity index (χ4v) is 4.02. The number of piperidine rings is 1. The highest BCUT2D eigenvalue weighted by atomic mass is 32.1. The van der Waals surface area contributed by atoms with E-state index in [-0.39, 0.29) is 24.3 Å². The Kier molecular flexibility index (Phi) is 5.82. The van der Waals surface area contributed by atoms with Crippen molar-refractivity contribution in [2.45, 2.75) is 12.8 Å². The molecule has 1 aliphatic rings. The number of allylic oxidation sites excluding steroid dienone is 1. The molecule has 0 radical (unpaired) electrons. The van der Waals surface area contributed by atoms with Gasteiger partial charge in [-0.05, 0) is 30.5 Å². The number of thiazole rings is 1. The molecule has 1 saturated heterocycles. The standard InChI is InChI=1S/C18H22N6O2S/c19-8-13(9-20)12-1-2-14-15(7-12)27-18(22-14)23-17(26)11-3-5-24(6-4-11)16(25)10-21/h1-2,7-9,11,19H,3-6,10,20-21H2,(H,22,23,26)/b13-9+,19-8?. The van der Waals surface area contributed by atoms with Gasteiger partial charge in [0, 0.05) is 37.0 Å². The van der Waals surface area contributed by atoms with Crippen LogP contribution in [0.2, 0.25) is 0 Å². The number of benzene rings is 1. The van der Waals surface area contributed by atoms with Crippen LogP contribution in [-0.2, 0) is 9.59 Å². The Morgan fingerprint density at radius 3 is 2.74 bits per heavy atom. The van der Waals surface area contributed by atoms with Crippen molar-refractivity contribution in [1.29, 1.82) is 5.41 Å². The van der Waals surface area contributed by atoms with Crippen LogP contribution < -0.4 is 16.8 Å². The van der Waals surface area contributed by atoms with Crippen LogP contribution in [0.4, 0.5) is 5.13 Å². The van der Waals surface area contributed by atoms with E-state index in [1.165, 1.54) is 23.8 Å². The minimum absolute atomic E-state index is 0.00357. The normalized spacial score (nSPS) is 15.7. The van der Waals surface area contributed by atoms with Crippen LogP contribution in [0.5, 0.6) is 0 Å². The molecule has 142 valence electrons. The second-order valence-corrected chi connectivity index (χ2v) is 7.35. The van der Waals surface area contributed by atoms with Crippen LogP contribution in [0.3, 0.4) is 0 Å². The molecular formula is C18H22N6O2S. The number of anilines is 1. The molecule has 0 atom stereocenters. The number of carbonyl (C=O) groups excluding carboxylic acids is 2. The molecule has 1 aromatic carbocycles. The number of likely N-dealkylation sites (tertiary alicyclic amines) is 1. The molecule has 8 nitrogen and oxygen atoms in total. The number of nitrogens with one attached hydrogen (secondary N) is 2. The van der Waals surface area contributed by atoms with Gasteiger partial charge in [0.05, 0.1) is 16.8 Å². The molecule has 9 heteroatoms. The van der Waals surface area contributed by atoms with Crippen LogP contribution in [0.15, 0.2) is 24.4 Å². The first-order valence-corrected chi connectivity index (χ1v) is 9.49. The van der Waals surface area contributed by atoms with Gasteiger partial charge in [-0.25, -0.2) is 4.98 Å². The lowest BCUT2D eigenvalue weighted by atomic mass is 9.96. The van der Waals surface area contributed by atoms with Gasteiger partial charge in [-0.2, -0.15) is 0 Å². The first kappa shape index (κ1) is 19.0. The minimum Gasteiger partial charge on any atom is -0.404 e. The third-order valence-electron chi connectivity index (χ3n) is 4.68. The lowest BCUT2D eigenvalue weighted by molar-refractivity contribution is -0.133. The van der Waals surface area contributed by atoms with Crippen molar-refractivity contribution in [3.05, 3.63) is 30.0 Å². The van der Waals surface area contributed by atoms with E-state index in [1.54, 1.807) is 4.90 Å². The van der Waals surface area contributed by atoms with E-state index in [0.717, 1.165) is 15.8 Å². The molecule has 3 rings (SSSR count). The Morgan fingerprint density at radius 2 is 2.11 bits per heavy atom. The molecular weight excluding hydrogens is 364 g/mol. The number of carbonyl (C=O) groups is 2. The summed E-state index contributed by atoms with van der Waals surface area (Å²) in [5.74, 6) is -0.290. The zero-order valence-corrected chi connectivity index (χ0v) is 15.6. The molecule has 0 unspecified atom stereocenters. The quantitative estimate of drug-likeness (QED) is 0.575. The number of hydrogen-bond acceptors (Lipinski definition) is 7. The van der Waals surface area contributed by atoms with Gasteiger partial charge in [-0.1, -0.05) is 17.4 Å². The maximum Gasteiger partial charge on any atom is 0.236 e. The van der Waals surface area contributed by atoms with Gasteiger partial charge in [0.15, 0.2) is 5.13 Å². The third kappa shape index (κ3) is 4.15. The van der Waals surface area contributed by atoms with Crippen LogP contribution in [0.25, 0.3) is 15.8 Å². The second kappa shape index (κ2) is 8.28. The monoisotopic (exact) mass is 386 g/mol. The molecule has 0 saturated carbocycles. The van der Waals surface area contributed by atoms with Crippen molar-refractivity contribution in [3.8, 4) is 0 Å². The average molecular weight is 386 g/mol. The van der Waals surface area contributed by atoms with Gasteiger partial charge in [0.2, 0.25) is 11.8 Å². The van der Waals surface area contributed by atoms with Crippen molar-refractivity contribution in [2.75, 3.05) is 25.0 Å². The molecule has 0 spiro atoms. The molecule has 6 N–H and O–H groups in total. The summed E-state index contributed by atoms with van der Waals surface area (Å²) in [4.78, 5) is 30.3. The number of amides is 2. The SMILES string of the molecule is N=C/C(=C\N)c1ccc2nc(NC(=O)C3CCN(C(=O)CN)CC3)sc2c1. The number of hydrogen-bond donors (Lipinski definition) is 4. The molecule has 0 aliphatic carbocycles. The summed E-state index contributed by atoms with van der Waals surface area (Å²) in [6.07, 6.45) is 3.83. The van der Waals surface area contributed by atoms with Gasteiger partial charge in [0.1, 0.15) is 0 Å². The number of nitrogens with zero attached hydrogens (tertiary/aromatic N) is 2. The molecule has 1 fully saturated rings. The van der Waals surface area contributed by atoms with E-state index in [2.05, 4.69) is 10.3 Å². The number of fused-ring (bicyclic) bond motifs is 1. The lowest BCUT2D eigenvalue weighted by Gasteiger charge is -2.30. The Balaban J connectivity index is 1.67. The molecule has 1 aromatic heterocycles. The smallest absolute Gasteiger partial charge is 0.236 e. The Bertz CT molecular complexity index is 898. The van der Waals surface area contributed by atoms with Crippen molar-refractivity contribution in [2.24, 2.45) is 17.4 Å². The first-order chi connectivity index (χ1) is 13.0. The number of rotatable bonds is 5. The van der Waals surface area contributed by atoms with Gasteiger partial charge in [-0.15, -0.1) is 0 Å². The summed E-state index contributed by atoms with van der Waals surface area (Å²) < 4.78 is 0.910. The Labute approximate surface area is 160 Å². The van der Waals surface area contributed by atoms with Gasteiger partial charge < -0.3 is 27.1 Å². The molecule has 0 bridgehead atoms. The maximum absolute atomic E-state index is 12.5. The van der Waals surface area contributed by atoms with Crippen LogP contribution in [0, 0.1) is 11.3 Å². The highest BCUT2D eigenvalue weighted by Crippen LogP contribution is 2.29. The number of nitrogens with two attached hydrogens (primary N) is 2. The van der Waals surface area contributed by atoms with Crippen molar-refractivity contribution in [1.82, 2.24) is 9.88 Å².